The van der Waals surface area contributed by atoms with Gasteiger partial charge in [0.05, 0.1) is 11.3 Å². The normalized spacial score (nSPS) is 10.0. The molecule has 24 heavy (non-hydrogen) atoms. The molecule has 0 spiro atoms. The lowest BCUT2D eigenvalue weighted by molar-refractivity contribution is -0.384. The summed E-state index contributed by atoms with van der Waals surface area (Å²) in [7, 11) is 0. The Hall–Kier alpha value is -3.49. The highest BCUT2D eigenvalue weighted by atomic mass is 16.6. The van der Waals surface area contributed by atoms with Crippen LogP contribution in [-0.2, 0) is 22.6 Å². The summed E-state index contributed by atoms with van der Waals surface area (Å²) in [6.45, 7) is -0.225. The summed E-state index contributed by atoms with van der Waals surface area (Å²) in [5.41, 5.74) is 4.59. The second kappa shape index (κ2) is 7.68. The van der Waals surface area contributed by atoms with Gasteiger partial charge in [0.15, 0.2) is 0 Å². The van der Waals surface area contributed by atoms with Crippen LogP contribution in [0.15, 0.2) is 53.5 Å². The number of hydrogen-bond acceptors (Lipinski definition) is 5. The summed E-state index contributed by atoms with van der Waals surface area (Å²) in [6.07, 6.45) is 1.41. The van der Waals surface area contributed by atoms with Crippen molar-refractivity contribution in [1.29, 1.82) is 0 Å². The van der Waals surface area contributed by atoms with Gasteiger partial charge in [-0.25, -0.2) is 0 Å². The summed E-state index contributed by atoms with van der Waals surface area (Å²) < 4.78 is 1.19. The number of benzene rings is 1. The molecule has 0 atom stereocenters. The SMILES string of the molecule is O=C(Cc1ccc([N+](=O)[O-])cc1)NNC(=O)Cn1ccccc1=O. The van der Waals surface area contributed by atoms with Crippen molar-refractivity contribution in [3.05, 3.63) is 74.7 Å². The highest BCUT2D eigenvalue weighted by molar-refractivity contribution is 5.83. The maximum atomic E-state index is 11.7. The first-order valence-electron chi connectivity index (χ1n) is 6.92. The standard InChI is InChI=1S/C15H14N4O5/c20-13(9-11-4-6-12(7-5-11)19(23)24)16-17-14(21)10-18-8-2-1-3-15(18)22/h1-8H,9-10H2,(H,16,20)(H,17,21). The quantitative estimate of drug-likeness (QED) is 0.596. The number of pyridine rings is 1. The van der Waals surface area contributed by atoms with Crippen molar-refractivity contribution >= 4 is 17.5 Å². The van der Waals surface area contributed by atoms with Crippen LogP contribution in [-0.4, -0.2) is 21.3 Å². The van der Waals surface area contributed by atoms with Gasteiger partial charge in [0.1, 0.15) is 6.54 Å². The molecule has 0 aliphatic heterocycles. The first kappa shape index (κ1) is 16.9. The Balaban J connectivity index is 1.82. The molecule has 0 radical (unpaired) electrons. The number of amides is 2. The van der Waals surface area contributed by atoms with E-state index < -0.39 is 16.7 Å². The Labute approximate surface area is 136 Å². The predicted octanol–water partition coefficient (Wildman–Crippen LogP) is 0.147. The molecule has 2 rings (SSSR count). The predicted molar refractivity (Wildman–Crippen MR) is 83.8 cm³/mol. The lowest BCUT2D eigenvalue weighted by Crippen LogP contribution is -2.44. The molecule has 1 aromatic heterocycles. The van der Waals surface area contributed by atoms with Gasteiger partial charge < -0.3 is 4.57 Å². The van der Waals surface area contributed by atoms with Crippen molar-refractivity contribution in [2.24, 2.45) is 0 Å². The molecule has 124 valence electrons. The van der Waals surface area contributed by atoms with Crippen LogP contribution < -0.4 is 16.4 Å². The number of non-ortho nitro benzene ring substituents is 1. The van der Waals surface area contributed by atoms with Crippen LogP contribution in [0, 0.1) is 10.1 Å². The number of carbonyl (C=O) groups excluding carboxylic acids is 2. The van der Waals surface area contributed by atoms with E-state index in [1.807, 2.05) is 0 Å². The zero-order valence-corrected chi connectivity index (χ0v) is 12.5. The maximum Gasteiger partial charge on any atom is 0.269 e. The zero-order chi connectivity index (χ0) is 17.5. The van der Waals surface area contributed by atoms with E-state index >= 15 is 0 Å². The molecular formula is C15H14N4O5. The minimum Gasteiger partial charge on any atom is -0.306 e. The number of carbonyl (C=O) groups is 2. The van der Waals surface area contributed by atoms with Gasteiger partial charge in [-0.15, -0.1) is 0 Å². The van der Waals surface area contributed by atoms with E-state index in [2.05, 4.69) is 10.9 Å². The second-order valence-electron chi connectivity index (χ2n) is 4.86. The lowest BCUT2D eigenvalue weighted by atomic mass is 10.1. The van der Waals surface area contributed by atoms with Crippen molar-refractivity contribution in [3.63, 3.8) is 0 Å². The minimum absolute atomic E-state index is 0.0520. The van der Waals surface area contributed by atoms with Crippen molar-refractivity contribution in [2.45, 2.75) is 13.0 Å². The Kier molecular flexibility index (Phi) is 5.40. The molecule has 2 N–H and O–H groups in total. The minimum atomic E-state index is -0.555. The van der Waals surface area contributed by atoms with Crippen LogP contribution in [0.1, 0.15) is 5.56 Å². The summed E-state index contributed by atoms with van der Waals surface area (Å²) in [6, 6.07) is 10.0. The van der Waals surface area contributed by atoms with E-state index in [0.29, 0.717) is 5.56 Å². The molecule has 2 aromatic rings. The molecule has 0 fully saturated rings. The van der Waals surface area contributed by atoms with Gasteiger partial charge in [-0.2, -0.15) is 0 Å². The number of hydrogen-bond donors (Lipinski definition) is 2. The Morgan fingerprint density at radius 1 is 1.04 bits per heavy atom. The average Bonchev–Trinajstić information content (AvgIpc) is 2.55. The number of nitro groups is 1. The third-order valence-corrected chi connectivity index (χ3v) is 3.07. The molecule has 0 saturated heterocycles. The van der Waals surface area contributed by atoms with Crippen molar-refractivity contribution in [2.75, 3.05) is 0 Å². The molecule has 0 aliphatic rings. The second-order valence-corrected chi connectivity index (χ2v) is 4.86. The molecule has 1 heterocycles. The monoisotopic (exact) mass is 330 g/mol. The van der Waals surface area contributed by atoms with Gasteiger partial charge in [-0.05, 0) is 11.6 Å². The van der Waals surface area contributed by atoms with Gasteiger partial charge in [-0.3, -0.25) is 35.3 Å². The van der Waals surface area contributed by atoms with Gasteiger partial charge in [0, 0.05) is 24.4 Å². The molecule has 9 nitrogen and oxygen atoms in total. The van der Waals surface area contributed by atoms with Crippen LogP contribution in [0.5, 0.6) is 0 Å². The van der Waals surface area contributed by atoms with Crippen LogP contribution in [0.25, 0.3) is 0 Å². The smallest absolute Gasteiger partial charge is 0.269 e. The number of nitrogens with one attached hydrogen (secondary N) is 2. The highest BCUT2D eigenvalue weighted by Crippen LogP contribution is 2.12. The number of aromatic nitrogens is 1. The van der Waals surface area contributed by atoms with E-state index in [-0.39, 0.29) is 24.2 Å². The fraction of sp³-hybridized carbons (Fsp3) is 0.133. The highest BCUT2D eigenvalue weighted by Gasteiger charge is 2.09. The summed E-state index contributed by atoms with van der Waals surface area (Å²) in [5.74, 6) is -1.04. The van der Waals surface area contributed by atoms with Gasteiger partial charge in [0.25, 0.3) is 17.2 Å². The molecular weight excluding hydrogens is 316 g/mol. The van der Waals surface area contributed by atoms with Crippen LogP contribution in [0.3, 0.4) is 0 Å². The van der Waals surface area contributed by atoms with Gasteiger partial charge in [0.2, 0.25) is 5.91 Å². The van der Waals surface area contributed by atoms with Crippen molar-refractivity contribution in [1.82, 2.24) is 15.4 Å². The largest absolute Gasteiger partial charge is 0.306 e. The molecule has 0 aliphatic carbocycles. The fourth-order valence-corrected chi connectivity index (χ4v) is 1.89. The summed E-state index contributed by atoms with van der Waals surface area (Å²) in [5, 5.41) is 10.5. The molecule has 0 unspecified atom stereocenters. The summed E-state index contributed by atoms with van der Waals surface area (Å²) in [4.78, 5) is 44.9. The maximum absolute atomic E-state index is 11.7. The first-order chi connectivity index (χ1) is 11.5. The zero-order valence-electron chi connectivity index (χ0n) is 12.5. The Morgan fingerprint density at radius 3 is 2.33 bits per heavy atom. The van der Waals surface area contributed by atoms with Crippen LogP contribution >= 0.6 is 0 Å². The lowest BCUT2D eigenvalue weighted by Gasteiger charge is -2.08. The third kappa shape index (κ3) is 4.77. The van der Waals surface area contributed by atoms with Gasteiger partial charge >= 0.3 is 0 Å². The number of nitrogens with zero attached hydrogens (tertiary/aromatic N) is 2. The summed E-state index contributed by atoms with van der Waals surface area (Å²) >= 11 is 0. The average molecular weight is 330 g/mol. The van der Waals surface area contributed by atoms with E-state index in [1.165, 1.54) is 41.1 Å². The molecule has 0 saturated carbocycles. The molecule has 1 aromatic carbocycles. The van der Waals surface area contributed by atoms with E-state index in [0.717, 1.165) is 0 Å². The van der Waals surface area contributed by atoms with E-state index in [4.69, 9.17) is 0 Å². The number of nitro benzene ring substituents is 1. The topological polar surface area (TPSA) is 123 Å². The molecule has 9 heteroatoms. The van der Waals surface area contributed by atoms with E-state index in [1.54, 1.807) is 12.1 Å². The van der Waals surface area contributed by atoms with Crippen molar-refractivity contribution < 1.29 is 14.5 Å². The number of rotatable bonds is 5. The third-order valence-electron chi connectivity index (χ3n) is 3.07. The van der Waals surface area contributed by atoms with Crippen LogP contribution in [0.2, 0.25) is 0 Å². The molecule has 2 amide bonds. The fourth-order valence-electron chi connectivity index (χ4n) is 1.89. The Morgan fingerprint density at radius 2 is 1.71 bits per heavy atom. The molecule has 0 bridgehead atoms. The van der Waals surface area contributed by atoms with Crippen molar-refractivity contribution in [3.8, 4) is 0 Å². The number of hydrazine groups is 1. The van der Waals surface area contributed by atoms with E-state index in [9.17, 15) is 24.5 Å². The van der Waals surface area contributed by atoms with Gasteiger partial charge in [-0.1, -0.05) is 18.2 Å². The van der Waals surface area contributed by atoms with Crippen LogP contribution in [0.4, 0.5) is 5.69 Å². The first-order valence-corrected chi connectivity index (χ1v) is 6.92. The Bertz CT molecular complexity index is 813.